The van der Waals surface area contributed by atoms with Crippen molar-refractivity contribution in [2.24, 2.45) is 0 Å². The first-order valence-electron chi connectivity index (χ1n) is 11.6. The maximum absolute atomic E-state index is 12.0. The lowest BCUT2D eigenvalue weighted by atomic mass is 10.1. The van der Waals surface area contributed by atoms with Gasteiger partial charge in [-0.15, -0.1) is 0 Å². The van der Waals surface area contributed by atoms with Crippen LogP contribution in [-0.2, 0) is 0 Å². The van der Waals surface area contributed by atoms with Gasteiger partial charge in [0.2, 0.25) is 5.95 Å². The van der Waals surface area contributed by atoms with Crippen molar-refractivity contribution in [2.45, 2.75) is 26.8 Å². The van der Waals surface area contributed by atoms with Crippen molar-refractivity contribution >= 4 is 45.5 Å². The van der Waals surface area contributed by atoms with Gasteiger partial charge in [-0.25, -0.2) is 4.98 Å². The van der Waals surface area contributed by atoms with E-state index in [9.17, 15) is 4.79 Å². The van der Waals surface area contributed by atoms with Gasteiger partial charge in [0.1, 0.15) is 22.7 Å². The second-order valence-corrected chi connectivity index (χ2v) is 8.66. The third kappa shape index (κ3) is 4.28. The highest BCUT2D eigenvalue weighted by Gasteiger charge is 2.18. The zero-order valence-corrected chi connectivity index (χ0v) is 20.7. The molecule has 5 aromatic rings. The fourth-order valence-corrected chi connectivity index (χ4v) is 4.10. The highest BCUT2D eigenvalue weighted by atomic mass is 16.5. The summed E-state index contributed by atoms with van der Waals surface area (Å²) in [6, 6.07) is 11.2. The number of aromatic amines is 1. The number of benzene rings is 2. The number of nitrogens with one attached hydrogen (secondary N) is 4. The zero-order valence-electron chi connectivity index (χ0n) is 20.7. The van der Waals surface area contributed by atoms with Crippen molar-refractivity contribution < 1.29 is 13.9 Å². The van der Waals surface area contributed by atoms with Crippen LogP contribution in [0.15, 0.2) is 47.0 Å². The molecule has 0 saturated carbocycles. The largest absolute Gasteiger partial charge is 0.495 e. The molecule has 0 bridgehead atoms. The van der Waals surface area contributed by atoms with Crippen molar-refractivity contribution in [2.75, 3.05) is 24.8 Å². The maximum atomic E-state index is 12.0. The van der Waals surface area contributed by atoms with Gasteiger partial charge < -0.3 is 30.1 Å². The second-order valence-electron chi connectivity index (χ2n) is 8.66. The van der Waals surface area contributed by atoms with Crippen molar-refractivity contribution in [3.63, 3.8) is 0 Å². The Morgan fingerprint density at radius 2 is 1.94 bits per heavy atom. The molecule has 2 aromatic carbocycles. The molecule has 4 N–H and O–H groups in total. The summed E-state index contributed by atoms with van der Waals surface area (Å²) < 4.78 is 11.2. The lowest BCUT2D eigenvalue weighted by molar-refractivity contribution is 0.0963. The first kappa shape index (κ1) is 23.2. The maximum Gasteiger partial charge on any atom is 0.251 e. The predicted molar refractivity (Wildman–Crippen MR) is 140 cm³/mol. The van der Waals surface area contributed by atoms with E-state index in [4.69, 9.17) is 19.1 Å². The molecule has 36 heavy (non-hydrogen) atoms. The molecule has 5 rings (SSSR count). The van der Waals surface area contributed by atoms with Gasteiger partial charge in [0.15, 0.2) is 11.5 Å². The van der Waals surface area contributed by atoms with Crippen LogP contribution in [0.5, 0.6) is 5.75 Å². The van der Waals surface area contributed by atoms with Crippen molar-refractivity contribution in [1.29, 1.82) is 0 Å². The molecule has 10 heteroatoms. The Hall–Kier alpha value is -4.60. The lowest BCUT2D eigenvalue weighted by Gasteiger charge is -2.15. The zero-order chi connectivity index (χ0) is 25.4. The summed E-state index contributed by atoms with van der Waals surface area (Å²) in [7, 11) is 3.14. The summed E-state index contributed by atoms with van der Waals surface area (Å²) in [6.07, 6.45) is 1.91. The van der Waals surface area contributed by atoms with Crippen LogP contribution in [0, 0.1) is 6.92 Å². The average molecular weight is 486 g/mol. The first-order valence-corrected chi connectivity index (χ1v) is 11.6. The third-order valence-corrected chi connectivity index (χ3v) is 5.70. The van der Waals surface area contributed by atoms with Crippen LogP contribution < -0.4 is 20.7 Å². The Bertz CT molecular complexity index is 1590. The first-order chi connectivity index (χ1) is 17.4. The van der Waals surface area contributed by atoms with Crippen LogP contribution in [0.25, 0.3) is 33.3 Å². The molecule has 0 fully saturated rings. The summed E-state index contributed by atoms with van der Waals surface area (Å²) in [5, 5.41) is 10.1. The number of amides is 1. The number of fused-ring (bicyclic) bond motifs is 2. The van der Waals surface area contributed by atoms with Crippen molar-refractivity contribution in [3.05, 3.63) is 54.0 Å². The monoisotopic (exact) mass is 485 g/mol. The Morgan fingerprint density at radius 3 is 2.69 bits per heavy atom. The number of aryl methyl sites for hydroxylation is 1. The summed E-state index contributed by atoms with van der Waals surface area (Å²) in [6.45, 7) is 5.94. The van der Waals surface area contributed by atoms with E-state index in [0.717, 1.165) is 27.6 Å². The molecule has 0 aliphatic carbocycles. The normalized spacial score (nSPS) is 11.3. The number of anilines is 3. The SMILES string of the molecule is CNC(=O)c1ccc(Nc2nc(NC(C)C)c3c(-c4ccc5nc(C)oc5c4)c[nH]c3n2)c(OC)c1. The topological polar surface area (TPSA) is 130 Å². The lowest BCUT2D eigenvalue weighted by Crippen LogP contribution is -2.17. The Kier molecular flexibility index (Phi) is 5.93. The van der Waals surface area contributed by atoms with E-state index in [1.807, 2.05) is 31.3 Å². The van der Waals surface area contributed by atoms with Crippen LogP contribution >= 0.6 is 0 Å². The van der Waals surface area contributed by atoms with Gasteiger partial charge in [0.25, 0.3) is 5.91 Å². The summed E-state index contributed by atoms with van der Waals surface area (Å²) in [5.74, 6) is 2.00. The second kappa shape index (κ2) is 9.21. The van der Waals surface area contributed by atoms with Gasteiger partial charge in [0, 0.05) is 37.3 Å². The van der Waals surface area contributed by atoms with E-state index in [1.54, 1.807) is 32.4 Å². The molecule has 0 aliphatic heterocycles. The number of ether oxygens (including phenoxy) is 1. The molecule has 0 aliphatic rings. The van der Waals surface area contributed by atoms with Crippen LogP contribution in [0.3, 0.4) is 0 Å². The number of H-pyrrole nitrogens is 1. The number of hydrogen-bond donors (Lipinski definition) is 4. The standard InChI is InChI=1S/C26H27N7O3/c1-13(2)29-24-22-17(15-6-8-19-21(10-15)36-14(3)30-19)12-28-23(22)32-26(33-24)31-18-9-7-16(25(34)27-4)11-20(18)35-5/h6-13H,1-5H3,(H,27,34)(H3,28,29,31,32,33). The number of carbonyl (C=O) groups is 1. The number of oxazole rings is 1. The minimum absolute atomic E-state index is 0.138. The molecule has 0 spiro atoms. The third-order valence-electron chi connectivity index (χ3n) is 5.70. The van der Waals surface area contributed by atoms with Gasteiger partial charge in [-0.1, -0.05) is 6.07 Å². The molecule has 184 valence electrons. The number of carbonyl (C=O) groups excluding carboxylic acids is 1. The average Bonchev–Trinajstić information content (AvgIpc) is 3.45. The van der Waals surface area contributed by atoms with Gasteiger partial charge in [0.05, 0.1) is 18.2 Å². The number of aromatic nitrogens is 4. The van der Waals surface area contributed by atoms with Gasteiger partial charge in [-0.05, 0) is 49.7 Å². The van der Waals surface area contributed by atoms with E-state index in [1.165, 1.54) is 0 Å². The smallest absolute Gasteiger partial charge is 0.251 e. The summed E-state index contributed by atoms with van der Waals surface area (Å²) in [4.78, 5) is 29.2. The molecule has 0 saturated heterocycles. The molecule has 10 nitrogen and oxygen atoms in total. The van der Waals surface area contributed by atoms with Gasteiger partial charge >= 0.3 is 0 Å². The Morgan fingerprint density at radius 1 is 1.11 bits per heavy atom. The van der Waals surface area contributed by atoms with E-state index >= 15 is 0 Å². The molecule has 3 heterocycles. The van der Waals surface area contributed by atoms with Gasteiger partial charge in [-0.2, -0.15) is 9.97 Å². The molecule has 1 amide bonds. The highest BCUT2D eigenvalue weighted by molar-refractivity contribution is 6.02. The highest BCUT2D eigenvalue weighted by Crippen LogP contribution is 2.36. The van der Waals surface area contributed by atoms with Crippen LogP contribution in [0.2, 0.25) is 0 Å². The number of rotatable bonds is 7. The number of hydrogen-bond acceptors (Lipinski definition) is 8. The summed E-state index contributed by atoms with van der Waals surface area (Å²) >= 11 is 0. The quantitative estimate of drug-likeness (QED) is 0.253. The molecule has 0 radical (unpaired) electrons. The molecule has 0 atom stereocenters. The van der Waals surface area contributed by atoms with E-state index in [-0.39, 0.29) is 11.9 Å². The van der Waals surface area contributed by atoms with Gasteiger partial charge in [-0.3, -0.25) is 4.79 Å². The van der Waals surface area contributed by atoms with Crippen molar-refractivity contribution in [3.8, 4) is 16.9 Å². The fourth-order valence-electron chi connectivity index (χ4n) is 4.10. The predicted octanol–water partition coefficient (Wildman–Crippen LogP) is 5.01. The van der Waals surface area contributed by atoms with E-state index < -0.39 is 0 Å². The fraction of sp³-hybridized carbons (Fsp3) is 0.231. The minimum Gasteiger partial charge on any atom is -0.495 e. The van der Waals surface area contributed by atoms with Crippen LogP contribution in [0.1, 0.15) is 30.1 Å². The van der Waals surface area contributed by atoms with Crippen molar-refractivity contribution in [1.82, 2.24) is 25.3 Å². The summed E-state index contributed by atoms with van der Waals surface area (Å²) in [5.41, 5.74) is 5.25. The molecule has 0 unspecified atom stereocenters. The van der Waals surface area contributed by atoms with Crippen LogP contribution in [0.4, 0.5) is 17.5 Å². The minimum atomic E-state index is -0.196. The molecular weight excluding hydrogens is 458 g/mol. The molecular formula is C26H27N7O3. The number of nitrogens with zero attached hydrogens (tertiary/aromatic N) is 3. The Labute approximate surface area is 207 Å². The Balaban J connectivity index is 1.58. The number of methoxy groups -OCH3 is 1. The van der Waals surface area contributed by atoms with Crippen LogP contribution in [-0.4, -0.2) is 46.0 Å². The van der Waals surface area contributed by atoms with E-state index in [0.29, 0.717) is 40.3 Å². The molecule has 3 aromatic heterocycles. The van der Waals surface area contributed by atoms with E-state index in [2.05, 4.69) is 39.8 Å².